The van der Waals surface area contributed by atoms with Crippen LogP contribution in [0.15, 0.2) is 23.1 Å². The van der Waals surface area contributed by atoms with E-state index >= 15 is 0 Å². The molecule has 0 saturated carbocycles. The van der Waals surface area contributed by atoms with Gasteiger partial charge in [0, 0.05) is 29.2 Å². The number of hydrogen-bond donors (Lipinski definition) is 1. The predicted octanol–water partition coefficient (Wildman–Crippen LogP) is 3.16. The summed E-state index contributed by atoms with van der Waals surface area (Å²) in [6, 6.07) is 4.20. The zero-order valence-corrected chi connectivity index (χ0v) is 14.8. The summed E-state index contributed by atoms with van der Waals surface area (Å²) in [4.78, 5) is 0.128. The summed E-state index contributed by atoms with van der Waals surface area (Å²) in [5.41, 5.74) is 5.73. The van der Waals surface area contributed by atoms with E-state index in [1.54, 1.807) is 0 Å². The number of hydrogen-bond acceptors (Lipinski definition) is 3. The number of halogens is 3. The molecule has 2 atom stereocenters. The fraction of sp³-hybridized carbons (Fsp3) is 0.538. The van der Waals surface area contributed by atoms with Gasteiger partial charge in [0.1, 0.15) is 0 Å². The van der Waals surface area contributed by atoms with Crippen molar-refractivity contribution in [3.8, 4) is 0 Å². The molecule has 0 aliphatic carbocycles. The van der Waals surface area contributed by atoms with Crippen LogP contribution in [0.4, 0.5) is 0 Å². The van der Waals surface area contributed by atoms with Gasteiger partial charge in [-0.3, -0.25) is 0 Å². The minimum Gasteiger partial charge on any atom is -0.329 e. The largest absolute Gasteiger partial charge is 0.329 e. The normalized spacial score (nSPS) is 23.6. The smallest absolute Gasteiger partial charge is 0.243 e. The van der Waals surface area contributed by atoms with Crippen molar-refractivity contribution < 1.29 is 8.42 Å². The monoisotopic (exact) mass is 372 g/mol. The lowest BCUT2D eigenvalue weighted by atomic mass is 9.94. The molecule has 4 nitrogen and oxygen atoms in total. The first-order valence-corrected chi connectivity index (χ1v) is 8.72. The second-order valence-electron chi connectivity index (χ2n) is 5.24. The third kappa shape index (κ3) is 4.24. The maximum absolute atomic E-state index is 12.7. The highest BCUT2D eigenvalue weighted by Crippen LogP contribution is 2.30. The molecule has 2 unspecified atom stereocenters. The summed E-state index contributed by atoms with van der Waals surface area (Å²) in [5.74, 6) is 0.484. The number of piperidine rings is 1. The van der Waals surface area contributed by atoms with E-state index in [-0.39, 0.29) is 23.3 Å². The molecule has 2 rings (SSSR count). The van der Waals surface area contributed by atoms with Crippen molar-refractivity contribution in [1.29, 1.82) is 0 Å². The molecule has 1 saturated heterocycles. The van der Waals surface area contributed by atoms with Gasteiger partial charge in [-0.15, -0.1) is 12.4 Å². The van der Waals surface area contributed by atoms with Crippen molar-refractivity contribution in [2.75, 3.05) is 13.1 Å². The third-order valence-electron chi connectivity index (χ3n) is 3.64. The standard InChI is InChI=1S/C13H18Cl2N2O2S.ClH/c1-9-2-3-17(12(4-9)8-16)20(18,19)13-6-10(14)5-11(15)7-13;/h5-7,9,12H,2-4,8,16H2,1H3;1H. The first-order valence-electron chi connectivity index (χ1n) is 6.52. The Kier molecular flexibility index (Phi) is 6.78. The van der Waals surface area contributed by atoms with Gasteiger partial charge in [-0.1, -0.05) is 30.1 Å². The number of benzene rings is 1. The maximum Gasteiger partial charge on any atom is 0.243 e. The molecule has 21 heavy (non-hydrogen) atoms. The second-order valence-corrected chi connectivity index (χ2v) is 8.00. The van der Waals surface area contributed by atoms with E-state index < -0.39 is 10.0 Å². The highest BCUT2D eigenvalue weighted by atomic mass is 35.5. The molecule has 2 N–H and O–H groups in total. The Bertz CT molecular complexity index is 575. The third-order valence-corrected chi connectivity index (χ3v) is 6.00. The van der Waals surface area contributed by atoms with E-state index in [0.717, 1.165) is 12.8 Å². The van der Waals surface area contributed by atoms with Gasteiger partial charge in [-0.2, -0.15) is 4.31 Å². The molecule has 1 aromatic rings. The van der Waals surface area contributed by atoms with Gasteiger partial charge in [0.15, 0.2) is 0 Å². The molecule has 1 heterocycles. The average molecular weight is 374 g/mol. The Labute approximate surface area is 142 Å². The second kappa shape index (κ2) is 7.49. The Balaban J connectivity index is 0.00000220. The van der Waals surface area contributed by atoms with Crippen molar-refractivity contribution in [3.05, 3.63) is 28.2 Å². The molecular formula is C13H19Cl3N2O2S. The molecule has 0 radical (unpaired) electrons. The van der Waals surface area contributed by atoms with Crippen LogP contribution in [0.2, 0.25) is 10.0 Å². The van der Waals surface area contributed by atoms with Gasteiger partial charge in [-0.25, -0.2) is 8.42 Å². The van der Waals surface area contributed by atoms with Crippen molar-refractivity contribution in [2.45, 2.75) is 30.7 Å². The van der Waals surface area contributed by atoms with Gasteiger partial charge in [0.2, 0.25) is 10.0 Å². The van der Waals surface area contributed by atoms with Crippen LogP contribution in [0.1, 0.15) is 19.8 Å². The van der Waals surface area contributed by atoms with Crippen LogP contribution in [-0.4, -0.2) is 31.9 Å². The van der Waals surface area contributed by atoms with Crippen LogP contribution >= 0.6 is 35.6 Å². The SMILES string of the molecule is CC1CCN(S(=O)(=O)c2cc(Cl)cc(Cl)c2)C(CN)C1.Cl. The van der Waals surface area contributed by atoms with Crippen molar-refractivity contribution in [1.82, 2.24) is 4.31 Å². The molecule has 0 aromatic heterocycles. The zero-order chi connectivity index (χ0) is 14.9. The minimum atomic E-state index is -3.61. The molecule has 120 valence electrons. The molecule has 1 aliphatic heterocycles. The molecule has 1 aromatic carbocycles. The van der Waals surface area contributed by atoms with Crippen LogP contribution in [0.5, 0.6) is 0 Å². The fourth-order valence-corrected chi connectivity index (χ4v) is 4.96. The Morgan fingerprint density at radius 2 is 1.86 bits per heavy atom. The van der Waals surface area contributed by atoms with E-state index in [2.05, 4.69) is 6.92 Å². The minimum absolute atomic E-state index is 0. The summed E-state index contributed by atoms with van der Waals surface area (Å²) in [6.45, 7) is 2.91. The van der Waals surface area contributed by atoms with E-state index in [1.165, 1.54) is 22.5 Å². The molecule has 8 heteroatoms. The molecule has 0 amide bonds. The number of nitrogens with zero attached hydrogens (tertiary/aromatic N) is 1. The molecule has 1 fully saturated rings. The quantitative estimate of drug-likeness (QED) is 0.885. The van der Waals surface area contributed by atoms with Crippen molar-refractivity contribution in [2.24, 2.45) is 11.7 Å². The Hall–Kier alpha value is -0.0400. The van der Waals surface area contributed by atoms with Gasteiger partial charge in [-0.05, 0) is 37.0 Å². The zero-order valence-electron chi connectivity index (χ0n) is 11.6. The number of rotatable bonds is 3. The fourth-order valence-electron chi connectivity index (χ4n) is 2.57. The van der Waals surface area contributed by atoms with Crippen molar-refractivity contribution in [3.63, 3.8) is 0 Å². The lowest BCUT2D eigenvalue weighted by Crippen LogP contribution is -2.49. The summed E-state index contributed by atoms with van der Waals surface area (Å²) in [5, 5.41) is 0.622. The first kappa shape index (κ1) is 19.0. The summed E-state index contributed by atoms with van der Waals surface area (Å²) in [7, 11) is -3.61. The van der Waals surface area contributed by atoms with Gasteiger partial charge in [0.25, 0.3) is 0 Å². The number of nitrogens with two attached hydrogens (primary N) is 1. The summed E-state index contributed by atoms with van der Waals surface area (Å²) >= 11 is 11.8. The van der Waals surface area contributed by atoms with Crippen LogP contribution < -0.4 is 5.73 Å². The van der Waals surface area contributed by atoms with Crippen LogP contribution in [-0.2, 0) is 10.0 Å². The number of sulfonamides is 1. The summed E-state index contributed by atoms with van der Waals surface area (Å²) < 4.78 is 26.9. The topological polar surface area (TPSA) is 63.4 Å². The van der Waals surface area contributed by atoms with Gasteiger partial charge >= 0.3 is 0 Å². The lowest BCUT2D eigenvalue weighted by molar-refractivity contribution is 0.211. The van der Waals surface area contributed by atoms with Gasteiger partial charge < -0.3 is 5.73 Å². The molecule has 0 bridgehead atoms. The first-order chi connectivity index (χ1) is 9.34. The van der Waals surface area contributed by atoms with Crippen LogP contribution in [0, 0.1) is 5.92 Å². The average Bonchev–Trinajstić information content (AvgIpc) is 2.37. The van der Waals surface area contributed by atoms with E-state index in [9.17, 15) is 8.42 Å². The van der Waals surface area contributed by atoms with E-state index in [0.29, 0.717) is 29.1 Å². The Morgan fingerprint density at radius 1 is 1.29 bits per heavy atom. The molecular weight excluding hydrogens is 355 g/mol. The van der Waals surface area contributed by atoms with E-state index in [1.807, 2.05) is 0 Å². The predicted molar refractivity (Wildman–Crippen MR) is 88.8 cm³/mol. The van der Waals surface area contributed by atoms with Crippen molar-refractivity contribution >= 4 is 45.6 Å². The highest BCUT2D eigenvalue weighted by molar-refractivity contribution is 7.89. The highest BCUT2D eigenvalue weighted by Gasteiger charge is 2.35. The van der Waals surface area contributed by atoms with Gasteiger partial charge in [0.05, 0.1) is 4.90 Å². The Morgan fingerprint density at radius 3 is 2.38 bits per heavy atom. The maximum atomic E-state index is 12.7. The van der Waals surface area contributed by atoms with E-state index in [4.69, 9.17) is 28.9 Å². The van der Waals surface area contributed by atoms with Crippen LogP contribution in [0.25, 0.3) is 0 Å². The lowest BCUT2D eigenvalue weighted by Gasteiger charge is -2.36. The molecule has 0 spiro atoms. The summed E-state index contributed by atoms with van der Waals surface area (Å²) in [6.07, 6.45) is 1.62. The molecule has 1 aliphatic rings. The van der Waals surface area contributed by atoms with Crippen LogP contribution in [0.3, 0.4) is 0 Å².